The molecule has 0 saturated carbocycles. The van der Waals surface area contributed by atoms with E-state index in [2.05, 4.69) is 179 Å². The van der Waals surface area contributed by atoms with Crippen molar-refractivity contribution in [2.24, 2.45) is 0 Å². The van der Waals surface area contributed by atoms with Gasteiger partial charge < -0.3 is 14.2 Å². The van der Waals surface area contributed by atoms with Crippen molar-refractivity contribution in [3.63, 3.8) is 0 Å². The van der Waals surface area contributed by atoms with Crippen LogP contribution in [0.15, 0.2) is 158 Å². The lowest BCUT2D eigenvalue weighted by Gasteiger charge is -2.18. The van der Waals surface area contributed by atoms with Gasteiger partial charge in [-0.05, 0) is 122 Å². The van der Waals surface area contributed by atoms with E-state index in [0.717, 1.165) is 122 Å². The van der Waals surface area contributed by atoms with E-state index in [0.29, 0.717) is 19.3 Å². The van der Waals surface area contributed by atoms with Crippen molar-refractivity contribution in [1.82, 2.24) is 0 Å². The minimum Gasteiger partial charge on any atom is -0.462 e. The summed E-state index contributed by atoms with van der Waals surface area (Å²) in [6.07, 6.45) is 82.5. The first-order valence-electron chi connectivity index (χ1n) is 27.5. The molecule has 6 nitrogen and oxygen atoms in total. The SMILES string of the molecule is CC/C=C\C/C=C\C/C=C\C/C=C\C/C=C\C/C=C\C/C=C\C/C=C\CCCCC(=O)OCC(COC(=O)CCCCCCCCCC)OC(=O)CCC/C=C\C/C=C\C/C=C\C/C=C\C/C=C\CC. The van der Waals surface area contributed by atoms with Crippen LogP contribution in [0.1, 0.15) is 207 Å². The predicted molar refractivity (Wildman–Crippen MR) is 302 cm³/mol. The van der Waals surface area contributed by atoms with Crippen molar-refractivity contribution in [2.45, 2.75) is 213 Å². The first kappa shape index (κ1) is 65.0. The van der Waals surface area contributed by atoms with Crippen LogP contribution in [-0.2, 0) is 28.6 Å². The zero-order valence-electron chi connectivity index (χ0n) is 44.5. The fraction of sp³-hybridized carbons (Fsp3) is 0.547. The molecule has 0 fully saturated rings. The molecule has 0 heterocycles. The van der Waals surface area contributed by atoms with Gasteiger partial charge in [-0.2, -0.15) is 0 Å². The molecule has 6 heteroatoms. The van der Waals surface area contributed by atoms with Crippen LogP contribution in [0.5, 0.6) is 0 Å². The van der Waals surface area contributed by atoms with Gasteiger partial charge in [-0.3, -0.25) is 14.4 Å². The topological polar surface area (TPSA) is 78.9 Å². The largest absolute Gasteiger partial charge is 0.462 e. The van der Waals surface area contributed by atoms with E-state index in [1.54, 1.807) is 0 Å². The third kappa shape index (κ3) is 54.0. The molecule has 0 radical (unpaired) electrons. The smallest absolute Gasteiger partial charge is 0.306 e. The van der Waals surface area contributed by atoms with Crippen LogP contribution in [0.2, 0.25) is 0 Å². The Kier molecular flexibility index (Phi) is 52.6. The Morgan fingerprint density at radius 2 is 0.571 bits per heavy atom. The molecule has 390 valence electrons. The summed E-state index contributed by atoms with van der Waals surface area (Å²) in [5, 5.41) is 0. The van der Waals surface area contributed by atoms with Gasteiger partial charge in [0.1, 0.15) is 13.2 Å². The Bertz CT molecular complexity index is 1620. The lowest BCUT2D eigenvalue weighted by Crippen LogP contribution is -2.30. The Balaban J connectivity index is 4.44. The normalized spacial score (nSPS) is 13.4. The van der Waals surface area contributed by atoms with Crippen LogP contribution in [0, 0.1) is 0 Å². The minimum absolute atomic E-state index is 0.121. The average molecular weight is 963 g/mol. The fourth-order valence-electron chi connectivity index (χ4n) is 6.73. The highest BCUT2D eigenvalue weighted by Gasteiger charge is 2.19. The van der Waals surface area contributed by atoms with E-state index >= 15 is 0 Å². The van der Waals surface area contributed by atoms with Crippen molar-refractivity contribution >= 4 is 17.9 Å². The molecule has 0 rings (SSSR count). The summed E-state index contributed by atoms with van der Waals surface area (Å²) in [5.74, 6) is -1.04. The van der Waals surface area contributed by atoms with E-state index in [1.165, 1.54) is 32.1 Å². The number of rotatable bonds is 47. The van der Waals surface area contributed by atoms with Crippen molar-refractivity contribution < 1.29 is 28.6 Å². The Hall–Kier alpha value is -4.97. The molecule has 0 amide bonds. The van der Waals surface area contributed by atoms with Crippen LogP contribution in [-0.4, -0.2) is 37.2 Å². The predicted octanol–water partition coefficient (Wildman–Crippen LogP) is 18.6. The van der Waals surface area contributed by atoms with Crippen LogP contribution < -0.4 is 0 Å². The molecule has 0 aliphatic carbocycles. The van der Waals surface area contributed by atoms with Crippen molar-refractivity contribution in [2.75, 3.05) is 13.2 Å². The maximum absolute atomic E-state index is 12.8. The summed E-state index contributed by atoms with van der Waals surface area (Å²) in [6.45, 7) is 6.27. The molecule has 0 aliphatic heterocycles. The number of allylic oxidation sites excluding steroid dienone is 26. The molecular weight excluding hydrogens is 865 g/mol. The van der Waals surface area contributed by atoms with Gasteiger partial charge >= 0.3 is 17.9 Å². The summed E-state index contributed by atoms with van der Waals surface area (Å²) in [4.78, 5) is 37.9. The zero-order chi connectivity index (χ0) is 50.7. The Morgan fingerprint density at radius 1 is 0.300 bits per heavy atom. The van der Waals surface area contributed by atoms with E-state index in [-0.39, 0.29) is 44.0 Å². The zero-order valence-corrected chi connectivity index (χ0v) is 44.5. The maximum atomic E-state index is 12.8. The number of unbranched alkanes of at least 4 members (excludes halogenated alkanes) is 10. The van der Waals surface area contributed by atoms with Crippen LogP contribution in [0.3, 0.4) is 0 Å². The maximum Gasteiger partial charge on any atom is 0.306 e. The summed E-state index contributed by atoms with van der Waals surface area (Å²) in [5.41, 5.74) is 0. The second kappa shape index (κ2) is 56.6. The number of hydrogen-bond donors (Lipinski definition) is 0. The highest BCUT2D eigenvalue weighted by Crippen LogP contribution is 2.12. The van der Waals surface area contributed by atoms with Gasteiger partial charge in [0.15, 0.2) is 6.10 Å². The standard InChI is InChI=1S/C64H98O6/c1-4-7-10-13-16-19-21-23-25-27-28-29-30-31-32-33-34-35-36-38-39-41-43-45-48-51-54-57-63(66)69-60-61(59-68-62(65)56-53-50-47-18-15-12-9-6-3)70-64(67)58-55-52-49-46-44-42-40-37-26-24-22-20-17-14-11-8-5-2/h7-8,10-11,16-17,19-20,23-26,28-29,31-32,34-35,38-40,42-43,45-46,49,61H,4-6,9,12-15,18,21-22,27,30,33,36-37,41,44,47-48,50-60H2,1-3H3/b10-7-,11-8-,19-16-,20-17-,25-23-,26-24-,29-28-,32-31-,35-34-,39-38-,42-40-,45-43-,49-46-. The first-order chi connectivity index (χ1) is 34.5. The van der Waals surface area contributed by atoms with E-state index in [9.17, 15) is 14.4 Å². The number of esters is 3. The van der Waals surface area contributed by atoms with Gasteiger partial charge in [0, 0.05) is 19.3 Å². The van der Waals surface area contributed by atoms with Gasteiger partial charge in [-0.1, -0.05) is 224 Å². The third-order valence-corrected chi connectivity index (χ3v) is 10.8. The van der Waals surface area contributed by atoms with Gasteiger partial charge in [-0.15, -0.1) is 0 Å². The molecule has 0 aromatic rings. The number of hydrogen-bond acceptors (Lipinski definition) is 6. The van der Waals surface area contributed by atoms with Crippen molar-refractivity contribution in [3.05, 3.63) is 158 Å². The molecule has 0 spiro atoms. The van der Waals surface area contributed by atoms with Crippen LogP contribution >= 0.6 is 0 Å². The van der Waals surface area contributed by atoms with E-state index < -0.39 is 6.10 Å². The fourth-order valence-corrected chi connectivity index (χ4v) is 6.73. The average Bonchev–Trinajstić information content (AvgIpc) is 3.36. The molecule has 0 aliphatic rings. The summed E-state index contributed by atoms with van der Waals surface area (Å²) < 4.78 is 16.7. The van der Waals surface area contributed by atoms with E-state index in [1.807, 2.05) is 0 Å². The third-order valence-electron chi connectivity index (χ3n) is 10.8. The number of ether oxygens (including phenoxy) is 3. The monoisotopic (exact) mass is 963 g/mol. The van der Waals surface area contributed by atoms with Gasteiger partial charge in [-0.25, -0.2) is 0 Å². The summed E-state index contributed by atoms with van der Waals surface area (Å²) in [6, 6.07) is 0. The van der Waals surface area contributed by atoms with Crippen molar-refractivity contribution in [1.29, 1.82) is 0 Å². The van der Waals surface area contributed by atoms with Gasteiger partial charge in [0.05, 0.1) is 0 Å². The minimum atomic E-state index is -0.831. The molecule has 0 saturated heterocycles. The molecule has 0 aromatic carbocycles. The highest BCUT2D eigenvalue weighted by atomic mass is 16.6. The van der Waals surface area contributed by atoms with Crippen LogP contribution in [0.4, 0.5) is 0 Å². The lowest BCUT2D eigenvalue weighted by molar-refractivity contribution is -0.167. The number of carbonyl (C=O) groups excluding carboxylic acids is 3. The van der Waals surface area contributed by atoms with Gasteiger partial charge in [0.25, 0.3) is 0 Å². The second-order valence-electron chi connectivity index (χ2n) is 17.4. The molecule has 0 N–H and O–H groups in total. The van der Waals surface area contributed by atoms with E-state index in [4.69, 9.17) is 14.2 Å². The summed E-state index contributed by atoms with van der Waals surface area (Å²) in [7, 11) is 0. The highest BCUT2D eigenvalue weighted by molar-refractivity contribution is 5.71. The summed E-state index contributed by atoms with van der Waals surface area (Å²) >= 11 is 0. The molecule has 1 atom stereocenters. The first-order valence-corrected chi connectivity index (χ1v) is 27.5. The second-order valence-corrected chi connectivity index (χ2v) is 17.4. The van der Waals surface area contributed by atoms with Crippen LogP contribution in [0.25, 0.3) is 0 Å². The molecule has 1 unspecified atom stereocenters. The lowest BCUT2D eigenvalue weighted by atomic mass is 10.1. The van der Waals surface area contributed by atoms with Crippen molar-refractivity contribution in [3.8, 4) is 0 Å². The molecule has 0 bridgehead atoms. The number of carbonyl (C=O) groups is 3. The Morgan fingerprint density at radius 3 is 0.914 bits per heavy atom. The Labute approximate surface area is 429 Å². The molecule has 70 heavy (non-hydrogen) atoms. The molecule has 0 aromatic heterocycles. The quantitative estimate of drug-likeness (QED) is 0.0262. The molecular formula is C64H98O6. The van der Waals surface area contributed by atoms with Gasteiger partial charge in [0.2, 0.25) is 0 Å².